The summed E-state index contributed by atoms with van der Waals surface area (Å²) in [6.45, 7) is 0.835. The fourth-order valence-corrected chi connectivity index (χ4v) is 3.26. The Morgan fingerprint density at radius 1 is 1.39 bits per heavy atom. The third-order valence-electron chi connectivity index (χ3n) is 3.39. The van der Waals surface area contributed by atoms with Gasteiger partial charge in [-0.15, -0.1) is 11.6 Å². The van der Waals surface area contributed by atoms with Crippen molar-refractivity contribution < 1.29 is 4.79 Å². The van der Waals surface area contributed by atoms with E-state index in [2.05, 4.69) is 22.6 Å². The van der Waals surface area contributed by atoms with E-state index in [1.165, 1.54) is 12.8 Å². The van der Waals surface area contributed by atoms with Gasteiger partial charge >= 0.3 is 0 Å². The highest BCUT2D eigenvalue weighted by Crippen LogP contribution is 2.21. The molecule has 1 aliphatic heterocycles. The summed E-state index contributed by atoms with van der Waals surface area (Å²) >= 11 is 8.25. The molecule has 18 heavy (non-hydrogen) atoms. The Kier molecular flexibility index (Phi) is 5.30. The van der Waals surface area contributed by atoms with Crippen LogP contribution in [0.25, 0.3) is 0 Å². The van der Waals surface area contributed by atoms with Crippen molar-refractivity contribution in [3.8, 4) is 0 Å². The largest absolute Gasteiger partial charge is 0.334 e. The highest BCUT2D eigenvalue weighted by molar-refractivity contribution is 14.1. The van der Waals surface area contributed by atoms with Gasteiger partial charge in [0.25, 0.3) is 5.91 Å². The van der Waals surface area contributed by atoms with Crippen molar-refractivity contribution in [2.45, 2.75) is 31.7 Å². The number of halogens is 2. The second kappa shape index (κ2) is 6.75. The predicted molar refractivity (Wildman–Crippen MR) is 83.2 cm³/mol. The second-order valence-corrected chi connectivity index (χ2v) is 6.22. The van der Waals surface area contributed by atoms with Gasteiger partial charge in [0.1, 0.15) is 0 Å². The first-order valence-electron chi connectivity index (χ1n) is 6.35. The molecule has 1 aromatic rings. The van der Waals surface area contributed by atoms with Crippen LogP contribution in [-0.4, -0.2) is 29.3 Å². The van der Waals surface area contributed by atoms with Gasteiger partial charge in [-0.25, -0.2) is 0 Å². The number of likely N-dealkylation sites (tertiary alicyclic amines) is 1. The highest BCUT2D eigenvalue weighted by atomic mass is 127. The standard InChI is InChI=1S/C14H17ClINO/c15-10-13-7-2-1-3-8-17(13)14(18)11-5-4-6-12(16)9-11/h4-6,9,13H,1-3,7-8,10H2. The van der Waals surface area contributed by atoms with Gasteiger partial charge in [0.05, 0.1) is 0 Å². The first kappa shape index (κ1) is 14.1. The number of amides is 1. The number of benzene rings is 1. The van der Waals surface area contributed by atoms with E-state index in [0.717, 1.165) is 28.5 Å². The zero-order valence-electron chi connectivity index (χ0n) is 10.2. The van der Waals surface area contributed by atoms with Crippen LogP contribution in [0.1, 0.15) is 36.0 Å². The summed E-state index contributed by atoms with van der Waals surface area (Å²) < 4.78 is 1.09. The van der Waals surface area contributed by atoms with E-state index in [0.29, 0.717) is 5.88 Å². The molecule has 2 nitrogen and oxygen atoms in total. The smallest absolute Gasteiger partial charge is 0.254 e. The lowest BCUT2D eigenvalue weighted by atomic mass is 10.1. The van der Waals surface area contributed by atoms with Gasteiger partial charge in [-0.05, 0) is 53.6 Å². The van der Waals surface area contributed by atoms with Crippen LogP contribution in [0, 0.1) is 3.57 Å². The minimum atomic E-state index is 0.126. The molecule has 1 aliphatic rings. The minimum absolute atomic E-state index is 0.126. The van der Waals surface area contributed by atoms with Crippen LogP contribution in [-0.2, 0) is 0 Å². The second-order valence-electron chi connectivity index (χ2n) is 4.67. The summed E-state index contributed by atoms with van der Waals surface area (Å²) in [5.41, 5.74) is 0.777. The number of hydrogen-bond acceptors (Lipinski definition) is 1. The number of carbonyl (C=O) groups excluding carboxylic acids is 1. The predicted octanol–water partition coefficient (Wildman–Crippen LogP) is 3.91. The summed E-state index contributed by atoms with van der Waals surface area (Å²) in [6, 6.07) is 7.96. The molecule has 1 unspecified atom stereocenters. The lowest BCUT2D eigenvalue weighted by Gasteiger charge is -2.28. The Bertz CT molecular complexity index is 424. The number of rotatable bonds is 2. The molecule has 2 rings (SSSR count). The van der Waals surface area contributed by atoms with Gasteiger partial charge < -0.3 is 4.90 Å². The van der Waals surface area contributed by atoms with Crippen LogP contribution in [0.2, 0.25) is 0 Å². The van der Waals surface area contributed by atoms with Crippen LogP contribution in [0.15, 0.2) is 24.3 Å². The molecule has 1 saturated heterocycles. The van der Waals surface area contributed by atoms with Crippen LogP contribution in [0.4, 0.5) is 0 Å². The molecule has 98 valence electrons. The molecule has 1 atom stereocenters. The SMILES string of the molecule is O=C(c1cccc(I)c1)N1CCCCCC1CCl. The van der Waals surface area contributed by atoms with Crippen molar-refractivity contribution in [1.29, 1.82) is 0 Å². The van der Waals surface area contributed by atoms with Gasteiger partial charge in [-0.3, -0.25) is 4.79 Å². The van der Waals surface area contributed by atoms with Crippen molar-refractivity contribution in [1.82, 2.24) is 4.90 Å². The van der Waals surface area contributed by atoms with Gasteiger partial charge in [0, 0.05) is 27.6 Å². The van der Waals surface area contributed by atoms with Crippen molar-refractivity contribution in [3.05, 3.63) is 33.4 Å². The van der Waals surface area contributed by atoms with E-state index in [-0.39, 0.29) is 11.9 Å². The van der Waals surface area contributed by atoms with Gasteiger partial charge in [0.15, 0.2) is 0 Å². The molecule has 0 saturated carbocycles. The number of hydrogen-bond donors (Lipinski definition) is 0. The normalized spacial score (nSPS) is 20.6. The maximum Gasteiger partial charge on any atom is 0.254 e. The molecule has 1 aromatic carbocycles. The topological polar surface area (TPSA) is 20.3 Å². The molecular weight excluding hydrogens is 361 g/mol. The summed E-state index contributed by atoms with van der Waals surface area (Å²) in [6.07, 6.45) is 4.49. The lowest BCUT2D eigenvalue weighted by Crippen LogP contribution is -2.41. The molecule has 0 radical (unpaired) electrons. The Balaban J connectivity index is 2.19. The van der Waals surface area contributed by atoms with E-state index in [9.17, 15) is 4.79 Å². The molecule has 0 spiro atoms. The molecular formula is C14H17ClINO. The Morgan fingerprint density at radius 2 is 2.22 bits per heavy atom. The molecule has 1 fully saturated rings. The lowest BCUT2D eigenvalue weighted by molar-refractivity contribution is 0.0700. The highest BCUT2D eigenvalue weighted by Gasteiger charge is 2.25. The summed E-state index contributed by atoms with van der Waals surface area (Å²) in [5.74, 6) is 0.663. The summed E-state index contributed by atoms with van der Waals surface area (Å²) in [4.78, 5) is 14.5. The third-order valence-corrected chi connectivity index (χ3v) is 4.41. The van der Waals surface area contributed by atoms with E-state index < -0.39 is 0 Å². The molecule has 1 heterocycles. The quantitative estimate of drug-likeness (QED) is 0.565. The van der Waals surface area contributed by atoms with Gasteiger partial charge in [-0.1, -0.05) is 18.9 Å². The maximum absolute atomic E-state index is 12.5. The van der Waals surface area contributed by atoms with Crippen LogP contribution < -0.4 is 0 Å². The minimum Gasteiger partial charge on any atom is -0.334 e. The van der Waals surface area contributed by atoms with Crippen molar-refractivity contribution >= 4 is 40.1 Å². The van der Waals surface area contributed by atoms with E-state index in [1.54, 1.807) is 0 Å². The summed E-state index contributed by atoms with van der Waals surface area (Å²) in [7, 11) is 0. The number of carbonyl (C=O) groups is 1. The Labute approximate surface area is 127 Å². The first-order valence-corrected chi connectivity index (χ1v) is 7.96. The maximum atomic E-state index is 12.5. The third kappa shape index (κ3) is 3.38. The van der Waals surface area contributed by atoms with E-state index in [4.69, 9.17) is 11.6 Å². The number of nitrogens with zero attached hydrogens (tertiary/aromatic N) is 1. The fraction of sp³-hybridized carbons (Fsp3) is 0.500. The number of alkyl halides is 1. The average molecular weight is 378 g/mol. The molecule has 1 amide bonds. The molecule has 4 heteroatoms. The molecule has 0 aliphatic carbocycles. The molecule has 0 aromatic heterocycles. The van der Waals surface area contributed by atoms with Crippen LogP contribution in [0.5, 0.6) is 0 Å². The van der Waals surface area contributed by atoms with Crippen LogP contribution >= 0.6 is 34.2 Å². The zero-order chi connectivity index (χ0) is 13.0. The molecule has 0 bridgehead atoms. The van der Waals surface area contributed by atoms with Crippen molar-refractivity contribution in [3.63, 3.8) is 0 Å². The van der Waals surface area contributed by atoms with Gasteiger partial charge in [-0.2, -0.15) is 0 Å². The van der Waals surface area contributed by atoms with Crippen molar-refractivity contribution in [2.24, 2.45) is 0 Å². The average Bonchev–Trinajstić information content (AvgIpc) is 2.62. The van der Waals surface area contributed by atoms with Crippen LogP contribution in [0.3, 0.4) is 0 Å². The Hall–Kier alpha value is -0.290. The monoisotopic (exact) mass is 377 g/mol. The van der Waals surface area contributed by atoms with E-state index >= 15 is 0 Å². The molecule has 0 N–H and O–H groups in total. The summed E-state index contributed by atoms with van der Waals surface area (Å²) in [5, 5.41) is 0. The van der Waals surface area contributed by atoms with Crippen molar-refractivity contribution in [2.75, 3.05) is 12.4 Å². The Morgan fingerprint density at radius 3 is 2.94 bits per heavy atom. The fourth-order valence-electron chi connectivity index (χ4n) is 2.39. The van der Waals surface area contributed by atoms with Gasteiger partial charge in [0.2, 0.25) is 0 Å². The van der Waals surface area contributed by atoms with E-state index in [1.807, 2.05) is 29.2 Å². The first-order chi connectivity index (χ1) is 8.72. The zero-order valence-corrected chi connectivity index (χ0v) is 13.2.